The van der Waals surface area contributed by atoms with Crippen LogP contribution in [0.25, 0.3) is 22.0 Å². The molecule has 1 fully saturated rings. The van der Waals surface area contributed by atoms with Crippen molar-refractivity contribution in [2.75, 3.05) is 19.6 Å². The molecule has 1 aromatic heterocycles. The number of carbonyl (C=O) groups is 1. The fourth-order valence-electron chi connectivity index (χ4n) is 5.29. The smallest absolute Gasteiger partial charge is 0.240 e. The van der Waals surface area contributed by atoms with E-state index in [0.29, 0.717) is 24.4 Å². The number of carbonyl (C=O) groups excluding carboxylic acids is 1. The predicted octanol–water partition coefficient (Wildman–Crippen LogP) is 4.91. The Morgan fingerprint density at radius 2 is 1.85 bits per heavy atom. The summed E-state index contributed by atoms with van der Waals surface area (Å²) in [5.74, 6) is 0.731. The number of amides is 1. The van der Waals surface area contributed by atoms with Crippen LogP contribution in [0.5, 0.6) is 0 Å². The topological polar surface area (TPSA) is 124 Å². The zero-order chi connectivity index (χ0) is 27.2. The first-order valence-electron chi connectivity index (χ1n) is 13.5. The molecule has 0 saturated carbocycles. The van der Waals surface area contributed by atoms with Crippen molar-refractivity contribution in [3.05, 3.63) is 90.1 Å². The van der Waals surface area contributed by atoms with E-state index >= 15 is 0 Å². The van der Waals surface area contributed by atoms with Crippen molar-refractivity contribution >= 4 is 34.6 Å². The van der Waals surface area contributed by atoms with Crippen LogP contribution in [0.1, 0.15) is 30.4 Å². The molecular weight excluding hydrogens is 504 g/mol. The summed E-state index contributed by atoms with van der Waals surface area (Å²) in [6.07, 6.45) is 5.48. The monoisotopic (exact) mass is 540 g/mol. The lowest BCUT2D eigenvalue weighted by Crippen LogP contribution is -2.48. The van der Waals surface area contributed by atoms with Gasteiger partial charge in [0.05, 0.1) is 0 Å². The number of hydrogen-bond acceptors (Lipinski definition) is 5. The summed E-state index contributed by atoms with van der Waals surface area (Å²) >= 11 is 1.49. The second kappa shape index (κ2) is 12.5. The van der Waals surface area contributed by atoms with Gasteiger partial charge in [0.15, 0.2) is 0 Å². The number of likely N-dealkylation sites (tertiary alicyclic amines) is 1. The van der Waals surface area contributed by atoms with Crippen molar-refractivity contribution in [1.82, 2.24) is 14.6 Å². The fraction of sp³-hybridized carbons (Fsp3) is 0.290. The molecule has 39 heavy (non-hydrogen) atoms. The number of nitrogens with two attached hydrogens (primary N) is 2. The van der Waals surface area contributed by atoms with Crippen molar-refractivity contribution in [2.45, 2.75) is 36.6 Å². The van der Waals surface area contributed by atoms with Gasteiger partial charge in [-0.15, -0.1) is 0 Å². The zero-order valence-corrected chi connectivity index (χ0v) is 22.8. The van der Waals surface area contributed by atoms with Crippen molar-refractivity contribution in [2.24, 2.45) is 17.4 Å². The van der Waals surface area contributed by atoms with Crippen molar-refractivity contribution in [3.63, 3.8) is 0 Å². The number of nitrogen functional groups attached to an aromatic ring is 1. The lowest BCUT2D eigenvalue weighted by atomic mass is 9.93. The van der Waals surface area contributed by atoms with E-state index in [9.17, 15) is 4.79 Å². The Bertz CT molecular complexity index is 1440. The van der Waals surface area contributed by atoms with Gasteiger partial charge in [-0.25, -0.2) is 4.72 Å². The molecule has 0 radical (unpaired) electrons. The van der Waals surface area contributed by atoms with Gasteiger partial charge in [-0.3, -0.25) is 10.2 Å². The largest absolute Gasteiger partial charge is 0.384 e. The van der Waals surface area contributed by atoms with Gasteiger partial charge in [0.2, 0.25) is 5.91 Å². The number of piperidine rings is 1. The van der Waals surface area contributed by atoms with Gasteiger partial charge in [0, 0.05) is 35.3 Å². The third-order valence-corrected chi connectivity index (χ3v) is 8.41. The highest BCUT2D eigenvalue weighted by Gasteiger charge is 2.28. The van der Waals surface area contributed by atoms with Crippen LogP contribution in [0.15, 0.2) is 83.9 Å². The maximum absolute atomic E-state index is 13.8. The van der Waals surface area contributed by atoms with Crippen LogP contribution >= 0.6 is 11.9 Å². The summed E-state index contributed by atoms with van der Waals surface area (Å²) in [6.45, 7) is 2.22. The number of fused-ring (bicyclic) bond motifs is 1. The van der Waals surface area contributed by atoms with E-state index in [1.165, 1.54) is 17.3 Å². The molecule has 2 heterocycles. The van der Waals surface area contributed by atoms with Crippen LogP contribution in [0.3, 0.4) is 0 Å². The molecule has 3 aromatic carbocycles. The van der Waals surface area contributed by atoms with E-state index in [2.05, 4.69) is 58.2 Å². The maximum atomic E-state index is 13.8. The first-order valence-corrected chi connectivity index (χ1v) is 14.3. The van der Waals surface area contributed by atoms with E-state index in [4.69, 9.17) is 16.9 Å². The van der Waals surface area contributed by atoms with Gasteiger partial charge in [0.1, 0.15) is 11.9 Å². The lowest BCUT2D eigenvalue weighted by molar-refractivity contribution is -0.134. The van der Waals surface area contributed by atoms with Crippen LogP contribution < -0.4 is 16.2 Å². The first-order chi connectivity index (χ1) is 19.0. The normalized spacial score (nSPS) is 14.9. The average molecular weight is 541 g/mol. The SMILES string of the molecule is N=C(N)c1cccc(CC(NSc2cccc(-c3ccc4[nH]ccc4c3)c2)C(=O)N2CCC(CCN)CC2)c1. The summed E-state index contributed by atoms with van der Waals surface area (Å²) < 4.78 is 3.49. The number of hydrogen-bond donors (Lipinski definition) is 5. The van der Waals surface area contributed by atoms with Gasteiger partial charge < -0.3 is 21.4 Å². The van der Waals surface area contributed by atoms with Crippen LogP contribution in [-0.4, -0.2) is 47.3 Å². The number of benzene rings is 3. The molecule has 1 aliphatic rings. The molecule has 1 unspecified atom stereocenters. The number of nitrogens with one attached hydrogen (secondary N) is 3. The molecule has 7 nitrogen and oxygen atoms in total. The minimum Gasteiger partial charge on any atom is -0.384 e. The van der Waals surface area contributed by atoms with Gasteiger partial charge in [-0.05, 0) is 109 Å². The van der Waals surface area contributed by atoms with Crippen LogP contribution in [-0.2, 0) is 11.2 Å². The highest BCUT2D eigenvalue weighted by Crippen LogP contribution is 2.28. The van der Waals surface area contributed by atoms with Crippen LogP contribution in [0, 0.1) is 11.3 Å². The second-order valence-electron chi connectivity index (χ2n) is 10.2. The molecule has 0 bridgehead atoms. The Morgan fingerprint density at radius 3 is 2.64 bits per heavy atom. The third kappa shape index (κ3) is 6.71. The van der Waals surface area contributed by atoms with Crippen LogP contribution in [0.4, 0.5) is 0 Å². The van der Waals surface area contributed by atoms with E-state index in [1.807, 2.05) is 35.4 Å². The fourth-order valence-corrected chi connectivity index (χ4v) is 6.09. The van der Waals surface area contributed by atoms with Gasteiger partial charge in [-0.1, -0.05) is 36.4 Å². The van der Waals surface area contributed by atoms with Gasteiger partial charge >= 0.3 is 0 Å². The second-order valence-corrected chi connectivity index (χ2v) is 11.2. The summed E-state index contributed by atoms with van der Waals surface area (Å²) in [5, 5.41) is 8.98. The predicted molar refractivity (Wildman–Crippen MR) is 161 cm³/mol. The quantitative estimate of drug-likeness (QED) is 0.111. The summed E-state index contributed by atoms with van der Waals surface area (Å²) in [5.41, 5.74) is 16.5. The third-order valence-electron chi connectivity index (χ3n) is 7.52. The summed E-state index contributed by atoms with van der Waals surface area (Å²) in [7, 11) is 0. The molecule has 202 valence electrons. The Balaban J connectivity index is 1.32. The Hall–Kier alpha value is -3.59. The number of amidine groups is 1. The minimum atomic E-state index is -0.414. The Labute approximate surface area is 234 Å². The molecule has 0 aliphatic carbocycles. The molecule has 4 aromatic rings. The highest BCUT2D eigenvalue weighted by atomic mass is 32.2. The zero-order valence-electron chi connectivity index (χ0n) is 22.0. The molecule has 1 atom stereocenters. The molecule has 1 amide bonds. The average Bonchev–Trinajstić information content (AvgIpc) is 3.44. The Morgan fingerprint density at radius 1 is 1.05 bits per heavy atom. The van der Waals surface area contributed by atoms with Gasteiger partial charge in [-0.2, -0.15) is 0 Å². The van der Waals surface area contributed by atoms with Crippen molar-refractivity contribution in [3.8, 4) is 11.1 Å². The number of rotatable bonds is 10. The molecule has 1 saturated heterocycles. The molecule has 1 aliphatic heterocycles. The lowest BCUT2D eigenvalue weighted by Gasteiger charge is -2.34. The molecule has 8 heteroatoms. The molecule has 0 spiro atoms. The van der Waals surface area contributed by atoms with Crippen molar-refractivity contribution in [1.29, 1.82) is 5.41 Å². The number of aromatic nitrogens is 1. The molecule has 5 rings (SSSR count). The standard InChI is InChI=1S/C31H36N6OS/c32-13-9-21-11-15-37(16-12-21)31(38)29(18-22-3-1-5-26(17-22)30(33)34)36-39-27-6-2-4-23(20-27)24-7-8-28-25(19-24)10-14-35-28/h1-8,10,14,17,19-21,29,35-36H,9,11-13,15-16,18,32H2,(H3,33,34). The van der Waals surface area contributed by atoms with Crippen LogP contribution in [0.2, 0.25) is 0 Å². The van der Waals surface area contributed by atoms with E-state index < -0.39 is 6.04 Å². The first kappa shape index (κ1) is 27.0. The number of aromatic amines is 1. The Kier molecular flexibility index (Phi) is 8.66. The van der Waals surface area contributed by atoms with E-state index in [-0.39, 0.29) is 11.7 Å². The molecular formula is C31H36N6OS. The summed E-state index contributed by atoms with van der Waals surface area (Å²) in [6, 6.07) is 24.1. The van der Waals surface area contributed by atoms with Crippen molar-refractivity contribution < 1.29 is 4.79 Å². The molecule has 7 N–H and O–H groups in total. The van der Waals surface area contributed by atoms with E-state index in [0.717, 1.165) is 59.5 Å². The van der Waals surface area contributed by atoms with Gasteiger partial charge in [0.25, 0.3) is 0 Å². The summed E-state index contributed by atoms with van der Waals surface area (Å²) in [4.78, 5) is 20.0. The maximum Gasteiger partial charge on any atom is 0.240 e. The highest BCUT2D eigenvalue weighted by molar-refractivity contribution is 7.97. The minimum absolute atomic E-state index is 0.0266. The number of H-pyrrole nitrogens is 1. The number of nitrogens with zero attached hydrogens (tertiary/aromatic N) is 1. The van der Waals surface area contributed by atoms with E-state index in [1.54, 1.807) is 0 Å².